The molecule has 2 N–H and O–H groups in total. The number of methoxy groups -OCH3 is 1. The van der Waals surface area contributed by atoms with E-state index >= 15 is 0 Å². The van der Waals surface area contributed by atoms with Crippen LogP contribution in [0.25, 0.3) is 0 Å². The molecule has 2 aromatic carbocycles. The van der Waals surface area contributed by atoms with Crippen molar-refractivity contribution in [2.75, 3.05) is 17.7 Å². The molecule has 1 heterocycles. The van der Waals surface area contributed by atoms with Crippen LogP contribution in [0.1, 0.15) is 16.1 Å². The highest BCUT2D eigenvalue weighted by Gasteiger charge is 2.11. The Balaban J connectivity index is 1.57. The summed E-state index contributed by atoms with van der Waals surface area (Å²) in [4.78, 5) is 12.2. The highest BCUT2D eigenvalue weighted by molar-refractivity contribution is 7.15. The van der Waals surface area contributed by atoms with Gasteiger partial charge in [-0.25, -0.2) is 4.79 Å². The number of hydrogen-bond donors (Lipinski definition) is 2. The van der Waals surface area contributed by atoms with Crippen LogP contribution in [0.3, 0.4) is 0 Å². The molecular weight excluding hydrogens is 364 g/mol. The molecule has 0 aliphatic heterocycles. The van der Waals surface area contributed by atoms with Gasteiger partial charge in [0.25, 0.3) is 0 Å². The minimum absolute atomic E-state index is 0.289. The number of nitrogens with zero attached hydrogens (tertiary/aromatic N) is 2. The quantitative estimate of drug-likeness (QED) is 0.658. The first-order valence-electron chi connectivity index (χ1n) is 8.29. The second kappa shape index (κ2) is 8.50. The molecule has 8 heteroatoms. The van der Waals surface area contributed by atoms with Crippen LogP contribution in [-0.4, -0.2) is 23.3 Å². The SMILES string of the molecule is COc1ccccc1NC(=O)Nc1nnc(COc2cccc(C)c2C)s1. The van der Waals surface area contributed by atoms with Gasteiger partial charge >= 0.3 is 6.03 Å². The Kier molecular flexibility index (Phi) is 5.87. The minimum atomic E-state index is -0.419. The number of nitrogens with one attached hydrogen (secondary N) is 2. The van der Waals surface area contributed by atoms with Gasteiger partial charge in [-0.05, 0) is 43.2 Å². The zero-order valence-electron chi connectivity index (χ0n) is 15.3. The number of urea groups is 1. The maximum absolute atomic E-state index is 12.2. The van der Waals surface area contributed by atoms with Crippen LogP contribution in [0.15, 0.2) is 42.5 Å². The van der Waals surface area contributed by atoms with Gasteiger partial charge in [-0.15, -0.1) is 10.2 Å². The monoisotopic (exact) mass is 384 g/mol. The van der Waals surface area contributed by atoms with Crippen molar-refractivity contribution < 1.29 is 14.3 Å². The van der Waals surface area contributed by atoms with Crippen molar-refractivity contribution in [2.45, 2.75) is 20.5 Å². The van der Waals surface area contributed by atoms with E-state index in [0.29, 0.717) is 21.6 Å². The molecular formula is C19H20N4O3S. The maximum Gasteiger partial charge on any atom is 0.325 e. The Hall–Kier alpha value is -3.13. The number of aromatic nitrogens is 2. The van der Waals surface area contributed by atoms with Crippen LogP contribution in [0.4, 0.5) is 15.6 Å². The first kappa shape index (κ1) is 18.7. The predicted octanol–water partition coefficient (Wildman–Crippen LogP) is 4.39. The fraction of sp³-hybridized carbons (Fsp3) is 0.211. The molecule has 0 aliphatic rings. The third kappa shape index (κ3) is 4.73. The smallest absolute Gasteiger partial charge is 0.325 e. The first-order valence-corrected chi connectivity index (χ1v) is 9.11. The fourth-order valence-corrected chi connectivity index (χ4v) is 3.03. The van der Waals surface area contributed by atoms with Gasteiger partial charge in [0.15, 0.2) is 5.01 Å². The lowest BCUT2D eigenvalue weighted by Crippen LogP contribution is -2.19. The third-order valence-electron chi connectivity index (χ3n) is 3.95. The van der Waals surface area contributed by atoms with Crippen LogP contribution in [-0.2, 0) is 6.61 Å². The van der Waals surface area contributed by atoms with E-state index in [-0.39, 0.29) is 6.61 Å². The third-order valence-corrected chi connectivity index (χ3v) is 4.76. The maximum atomic E-state index is 12.2. The number of carbonyl (C=O) groups excluding carboxylic acids is 1. The van der Waals surface area contributed by atoms with Crippen molar-refractivity contribution in [1.29, 1.82) is 0 Å². The molecule has 0 bridgehead atoms. The van der Waals surface area contributed by atoms with Gasteiger partial charge in [0, 0.05) is 0 Å². The Morgan fingerprint density at radius 2 is 1.81 bits per heavy atom. The number of anilines is 2. The summed E-state index contributed by atoms with van der Waals surface area (Å²) < 4.78 is 11.0. The Morgan fingerprint density at radius 1 is 1.04 bits per heavy atom. The number of benzene rings is 2. The zero-order chi connectivity index (χ0) is 19.2. The van der Waals surface area contributed by atoms with E-state index in [9.17, 15) is 4.79 Å². The minimum Gasteiger partial charge on any atom is -0.495 e. The molecule has 0 atom stereocenters. The topological polar surface area (TPSA) is 85.4 Å². The van der Waals surface area contributed by atoms with E-state index in [1.165, 1.54) is 16.9 Å². The summed E-state index contributed by atoms with van der Waals surface area (Å²) in [5.74, 6) is 1.39. The summed E-state index contributed by atoms with van der Waals surface area (Å²) in [6.07, 6.45) is 0. The van der Waals surface area contributed by atoms with Crippen LogP contribution >= 0.6 is 11.3 Å². The summed E-state index contributed by atoms with van der Waals surface area (Å²) in [6.45, 7) is 4.34. The van der Waals surface area contributed by atoms with Crippen LogP contribution in [0.2, 0.25) is 0 Å². The molecule has 0 saturated heterocycles. The number of ether oxygens (including phenoxy) is 2. The van der Waals surface area contributed by atoms with Gasteiger partial charge in [-0.1, -0.05) is 35.6 Å². The highest BCUT2D eigenvalue weighted by Crippen LogP contribution is 2.25. The van der Waals surface area contributed by atoms with Crippen molar-refractivity contribution >= 4 is 28.2 Å². The van der Waals surface area contributed by atoms with E-state index in [0.717, 1.165) is 11.3 Å². The van der Waals surface area contributed by atoms with Gasteiger partial charge in [0.2, 0.25) is 5.13 Å². The molecule has 3 rings (SSSR count). The summed E-state index contributed by atoms with van der Waals surface area (Å²) in [7, 11) is 1.55. The molecule has 27 heavy (non-hydrogen) atoms. The van der Waals surface area contributed by atoms with Crippen molar-refractivity contribution in [1.82, 2.24) is 10.2 Å². The molecule has 140 valence electrons. The number of amides is 2. The number of para-hydroxylation sites is 2. The van der Waals surface area contributed by atoms with Crippen molar-refractivity contribution in [3.63, 3.8) is 0 Å². The molecule has 0 unspecified atom stereocenters. The van der Waals surface area contributed by atoms with Gasteiger partial charge < -0.3 is 14.8 Å². The Bertz CT molecular complexity index is 942. The molecule has 7 nitrogen and oxygen atoms in total. The zero-order valence-corrected chi connectivity index (χ0v) is 16.1. The lowest BCUT2D eigenvalue weighted by atomic mass is 10.1. The molecule has 0 spiro atoms. The predicted molar refractivity (Wildman–Crippen MR) is 106 cm³/mol. The van der Waals surface area contributed by atoms with E-state index < -0.39 is 6.03 Å². The van der Waals surface area contributed by atoms with Gasteiger partial charge in [0.1, 0.15) is 18.1 Å². The molecule has 0 saturated carbocycles. The molecule has 2 amide bonds. The van der Waals surface area contributed by atoms with Crippen LogP contribution in [0.5, 0.6) is 11.5 Å². The fourth-order valence-electron chi connectivity index (χ4n) is 2.38. The number of aryl methyl sites for hydroxylation is 1. The van der Waals surface area contributed by atoms with Crippen LogP contribution in [0, 0.1) is 13.8 Å². The van der Waals surface area contributed by atoms with E-state index in [2.05, 4.69) is 20.8 Å². The summed E-state index contributed by atoms with van der Waals surface area (Å²) in [5.41, 5.74) is 2.83. The molecule has 0 aliphatic carbocycles. The normalized spacial score (nSPS) is 10.3. The lowest BCUT2D eigenvalue weighted by molar-refractivity contribution is 0.262. The number of hydrogen-bond acceptors (Lipinski definition) is 6. The first-order chi connectivity index (χ1) is 13.1. The van der Waals surface area contributed by atoms with Crippen LogP contribution < -0.4 is 20.1 Å². The Labute approximate surface area is 161 Å². The average molecular weight is 384 g/mol. The largest absolute Gasteiger partial charge is 0.495 e. The Morgan fingerprint density at radius 3 is 2.63 bits per heavy atom. The highest BCUT2D eigenvalue weighted by atomic mass is 32.1. The summed E-state index contributed by atoms with van der Waals surface area (Å²) >= 11 is 1.26. The van der Waals surface area contributed by atoms with E-state index in [1.807, 2.05) is 44.2 Å². The summed E-state index contributed by atoms with van der Waals surface area (Å²) in [5, 5.41) is 14.5. The second-order valence-electron chi connectivity index (χ2n) is 5.77. The van der Waals surface area contributed by atoms with Crippen molar-refractivity contribution in [2.24, 2.45) is 0 Å². The van der Waals surface area contributed by atoms with Gasteiger partial charge in [-0.2, -0.15) is 0 Å². The van der Waals surface area contributed by atoms with E-state index in [4.69, 9.17) is 9.47 Å². The lowest BCUT2D eigenvalue weighted by Gasteiger charge is -2.09. The standard InChI is InChI=1S/C19H20N4O3S/c1-12-7-6-10-15(13(12)2)26-11-17-22-23-19(27-17)21-18(24)20-14-8-4-5-9-16(14)25-3/h4-10H,11H2,1-3H3,(H2,20,21,23,24). The molecule has 1 aromatic heterocycles. The van der Waals surface area contributed by atoms with Gasteiger partial charge in [0.05, 0.1) is 12.8 Å². The average Bonchev–Trinajstić information content (AvgIpc) is 3.10. The molecule has 0 fully saturated rings. The van der Waals surface area contributed by atoms with Crippen molar-refractivity contribution in [3.8, 4) is 11.5 Å². The van der Waals surface area contributed by atoms with E-state index in [1.54, 1.807) is 19.2 Å². The second-order valence-corrected chi connectivity index (χ2v) is 6.83. The molecule has 0 radical (unpaired) electrons. The van der Waals surface area contributed by atoms with Gasteiger partial charge in [-0.3, -0.25) is 5.32 Å². The number of rotatable bonds is 6. The molecule has 3 aromatic rings. The van der Waals surface area contributed by atoms with Crippen molar-refractivity contribution in [3.05, 3.63) is 58.6 Å². The summed E-state index contributed by atoms with van der Waals surface area (Å²) in [6, 6.07) is 12.6. The number of carbonyl (C=O) groups is 1.